The van der Waals surface area contributed by atoms with Crippen molar-refractivity contribution in [3.05, 3.63) is 78.3 Å². The Hall–Kier alpha value is -2.71. The Balaban J connectivity index is 1.64. The molecule has 6 nitrogen and oxygen atoms in total. The molecule has 2 aromatic carbocycles. The van der Waals surface area contributed by atoms with Crippen molar-refractivity contribution in [2.24, 2.45) is 0 Å². The van der Waals surface area contributed by atoms with Crippen LogP contribution in [0.3, 0.4) is 0 Å². The molecule has 0 atom stereocenters. The summed E-state index contributed by atoms with van der Waals surface area (Å²) in [6, 6.07) is 18.1. The van der Waals surface area contributed by atoms with Crippen LogP contribution < -0.4 is 10.0 Å². The molecule has 0 spiro atoms. The van der Waals surface area contributed by atoms with Crippen LogP contribution in [0.1, 0.15) is 16.1 Å². The van der Waals surface area contributed by atoms with Crippen LogP contribution in [0.4, 0.5) is 11.4 Å². The van der Waals surface area contributed by atoms with E-state index in [4.69, 9.17) is 4.42 Å². The average molecular weight is 402 g/mol. The van der Waals surface area contributed by atoms with E-state index in [0.29, 0.717) is 17.1 Å². The van der Waals surface area contributed by atoms with E-state index in [1.54, 1.807) is 42.1 Å². The molecule has 0 radical (unpaired) electrons. The second-order valence-electron chi connectivity index (χ2n) is 5.78. The van der Waals surface area contributed by atoms with Gasteiger partial charge in [0.05, 0.1) is 12.5 Å². The Morgan fingerprint density at radius 2 is 1.67 bits per heavy atom. The molecule has 0 aliphatic heterocycles. The maximum atomic E-state index is 12.5. The lowest BCUT2D eigenvalue weighted by Gasteiger charge is -2.07. The molecule has 3 rings (SSSR count). The number of amides is 1. The summed E-state index contributed by atoms with van der Waals surface area (Å²) in [6.07, 6.45) is 2.57. The molecule has 2 N–H and O–H groups in total. The summed E-state index contributed by atoms with van der Waals surface area (Å²) in [7, 11) is -3.34. The lowest BCUT2D eigenvalue weighted by Crippen LogP contribution is -2.13. The van der Waals surface area contributed by atoms with Crippen molar-refractivity contribution < 1.29 is 17.6 Å². The zero-order chi connectivity index (χ0) is 19.3. The first kappa shape index (κ1) is 19.1. The van der Waals surface area contributed by atoms with E-state index in [0.717, 1.165) is 16.7 Å². The zero-order valence-electron chi connectivity index (χ0n) is 14.5. The molecule has 1 amide bonds. The number of hydrogen-bond acceptors (Lipinski definition) is 5. The van der Waals surface area contributed by atoms with Crippen molar-refractivity contribution in [1.29, 1.82) is 0 Å². The van der Waals surface area contributed by atoms with E-state index < -0.39 is 10.0 Å². The Morgan fingerprint density at radius 1 is 1.00 bits per heavy atom. The van der Waals surface area contributed by atoms with Gasteiger partial charge in [0.2, 0.25) is 10.0 Å². The van der Waals surface area contributed by atoms with Crippen LogP contribution in [0.2, 0.25) is 0 Å². The number of hydrogen-bond donors (Lipinski definition) is 2. The molecule has 0 saturated heterocycles. The minimum atomic E-state index is -3.34. The second kappa shape index (κ2) is 8.32. The number of rotatable bonds is 7. The Labute approximate surface area is 162 Å². The van der Waals surface area contributed by atoms with Gasteiger partial charge in [0.25, 0.3) is 5.91 Å². The summed E-state index contributed by atoms with van der Waals surface area (Å²) < 4.78 is 30.2. The summed E-state index contributed by atoms with van der Waals surface area (Å²) in [5, 5.41) is 2.75. The molecule has 0 aliphatic rings. The van der Waals surface area contributed by atoms with Crippen molar-refractivity contribution in [2.75, 3.05) is 16.3 Å². The van der Waals surface area contributed by atoms with Crippen molar-refractivity contribution >= 4 is 39.1 Å². The highest BCUT2D eigenvalue weighted by Crippen LogP contribution is 2.25. The number of sulfonamides is 1. The number of carbonyl (C=O) groups excluding carboxylic acids is 1. The SMILES string of the molecule is CS(=O)(=O)Nc1ccc(NC(=O)c2occc2CSc2ccccc2)cc1. The van der Waals surface area contributed by atoms with E-state index in [1.807, 2.05) is 30.3 Å². The number of anilines is 2. The van der Waals surface area contributed by atoms with E-state index in [1.165, 1.54) is 6.26 Å². The van der Waals surface area contributed by atoms with Gasteiger partial charge < -0.3 is 9.73 Å². The molecule has 0 unspecified atom stereocenters. The van der Waals surface area contributed by atoms with Gasteiger partial charge >= 0.3 is 0 Å². The molecule has 27 heavy (non-hydrogen) atoms. The van der Waals surface area contributed by atoms with Gasteiger partial charge in [-0.2, -0.15) is 0 Å². The first-order valence-corrected chi connectivity index (χ1v) is 10.9. The van der Waals surface area contributed by atoms with Crippen LogP contribution in [0.15, 0.2) is 76.2 Å². The predicted molar refractivity (Wildman–Crippen MR) is 108 cm³/mol. The van der Waals surface area contributed by atoms with Gasteiger partial charge in [-0.25, -0.2) is 8.42 Å². The third-order valence-corrected chi connectivity index (χ3v) is 5.20. The third-order valence-electron chi connectivity index (χ3n) is 3.54. The number of thioether (sulfide) groups is 1. The van der Waals surface area contributed by atoms with Crippen molar-refractivity contribution in [2.45, 2.75) is 10.6 Å². The Bertz CT molecular complexity index is 1010. The van der Waals surface area contributed by atoms with Gasteiger partial charge in [-0.1, -0.05) is 18.2 Å². The summed E-state index contributed by atoms with van der Waals surface area (Å²) in [4.78, 5) is 13.6. The standard InChI is InChI=1S/C19H18N2O4S2/c1-27(23,24)21-16-9-7-15(8-10-16)20-19(22)18-14(11-12-25-18)13-26-17-5-3-2-4-6-17/h2-12,21H,13H2,1H3,(H,20,22). The van der Waals surface area contributed by atoms with Gasteiger partial charge in [0, 0.05) is 27.6 Å². The fourth-order valence-electron chi connectivity index (χ4n) is 2.35. The molecular weight excluding hydrogens is 384 g/mol. The van der Waals surface area contributed by atoms with Gasteiger partial charge in [0.15, 0.2) is 5.76 Å². The molecule has 0 saturated carbocycles. The van der Waals surface area contributed by atoms with Crippen molar-refractivity contribution in [3.63, 3.8) is 0 Å². The normalized spacial score (nSPS) is 11.1. The summed E-state index contributed by atoms with van der Waals surface area (Å²) in [5.74, 6) is 0.518. The van der Waals surface area contributed by atoms with E-state index in [9.17, 15) is 13.2 Å². The molecular formula is C19H18N2O4S2. The molecule has 1 heterocycles. The monoisotopic (exact) mass is 402 g/mol. The summed E-state index contributed by atoms with van der Waals surface area (Å²) >= 11 is 1.62. The lowest BCUT2D eigenvalue weighted by atomic mass is 10.2. The fraction of sp³-hybridized carbons (Fsp3) is 0.105. The van der Waals surface area contributed by atoms with E-state index in [2.05, 4.69) is 10.0 Å². The minimum absolute atomic E-state index is 0.261. The van der Waals surface area contributed by atoms with Crippen LogP contribution in [-0.2, 0) is 15.8 Å². The molecule has 0 bridgehead atoms. The predicted octanol–water partition coefficient (Wildman–Crippen LogP) is 4.20. The molecule has 140 valence electrons. The molecule has 0 fully saturated rings. The zero-order valence-corrected chi connectivity index (χ0v) is 16.1. The maximum absolute atomic E-state index is 12.5. The fourth-order valence-corrected chi connectivity index (χ4v) is 3.81. The van der Waals surface area contributed by atoms with Crippen LogP contribution in [0.25, 0.3) is 0 Å². The highest BCUT2D eigenvalue weighted by molar-refractivity contribution is 7.98. The second-order valence-corrected chi connectivity index (χ2v) is 8.58. The van der Waals surface area contributed by atoms with Crippen molar-refractivity contribution in [1.82, 2.24) is 0 Å². The number of benzene rings is 2. The van der Waals surface area contributed by atoms with Crippen LogP contribution in [0.5, 0.6) is 0 Å². The number of furan rings is 1. The number of nitrogens with one attached hydrogen (secondary N) is 2. The quantitative estimate of drug-likeness (QED) is 0.579. The maximum Gasteiger partial charge on any atom is 0.291 e. The highest BCUT2D eigenvalue weighted by atomic mass is 32.2. The highest BCUT2D eigenvalue weighted by Gasteiger charge is 2.16. The van der Waals surface area contributed by atoms with Crippen LogP contribution in [0, 0.1) is 0 Å². The topological polar surface area (TPSA) is 88.4 Å². The van der Waals surface area contributed by atoms with Gasteiger partial charge in [-0.3, -0.25) is 9.52 Å². The van der Waals surface area contributed by atoms with E-state index in [-0.39, 0.29) is 11.7 Å². The minimum Gasteiger partial charge on any atom is -0.459 e. The van der Waals surface area contributed by atoms with Crippen LogP contribution >= 0.6 is 11.8 Å². The molecule has 1 aromatic heterocycles. The summed E-state index contributed by atoms with van der Waals surface area (Å²) in [6.45, 7) is 0. The van der Waals surface area contributed by atoms with Crippen molar-refractivity contribution in [3.8, 4) is 0 Å². The Kier molecular flexibility index (Phi) is 5.88. The smallest absolute Gasteiger partial charge is 0.291 e. The van der Waals surface area contributed by atoms with E-state index >= 15 is 0 Å². The first-order chi connectivity index (χ1) is 12.9. The molecule has 3 aromatic rings. The Morgan fingerprint density at radius 3 is 2.33 bits per heavy atom. The molecule has 0 aliphatic carbocycles. The van der Waals surface area contributed by atoms with Gasteiger partial charge in [-0.15, -0.1) is 11.8 Å². The summed E-state index contributed by atoms with van der Waals surface area (Å²) in [5.41, 5.74) is 1.77. The largest absolute Gasteiger partial charge is 0.459 e. The first-order valence-electron chi connectivity index (χ1n) is 8.04. The van der Waals surface area contributed by atoms with Gasteiger partial charge in [0.1, 0.15) is 0 Å². The van der Waals surface area contributed by atoms with Gasteiger partial charge in [-0.05, 0) is 42.5 Å². The average Bonchev–Trinajstić information content (AvgIpc) is 3.10. The number of carbonyl (C=O) groups is 1. The lowest BCUT2D eigenvalue weighted by molar-refractivity contribution is 0.0995. The molecule has 8 heteroatoms. The van der Waals surface area contributed by atoms with Crippen LogP contribution in [-0.4, -0.2) is 20.6 Å². The third kappa shape index (κ3) is 5.63.